The summed E-state index contributed by atoms with van der Waals surface area (Å²) in [6.07, 6.45) is 2.23. The van der Waals surface area contributed by atoms with Gasteiger partial charge in [-0.1, -0.05) is 0 Å². The summed E-state index contributed by atoms with van der Waals surface area (Å²) in [5.41, 5.74) is 2.40. The van der Waals surface area contributed by atoms with E-state index in [2.05, 4.69) is 15.2 Å². The number of carbonyl (C=O) groups is 1. The van der Waals surface area contributed by atoms with Crippen molar-refractivity contribution in [2.24, 2.45) is 5.92 Å². The standard InChI is InChI=1S/C16H25N3O2/c1-12-8-15(9-13(2)18-12)16(21)17-5-7-19-6-3-4-14(10-19)11-20/h8-9,14,20H,3-7,10-11H2,1-2H3,(H,17,21). The van der Waals surface area contributed by atoms with Crippen molar-refractivity contribution < 1.29 is 9.90 Å². The molecule has 2 N–H and O–H groups in total. The van der Waals surface area contributed by atoms with Crippen molar-refractivity contribution in [3.63, 3.8) is 0 Å². The maximum absolute atomic E-state index is 12.1. The van der Waals surface area contributed by atoms with Gasteiger partial charge in [-0.3, -0.25) is 9.78 Å². The van der Waals surface area contributed by atoms with Gasteiger partial charge in [0.15, 0.2) is 0 Å². The predicted octanol–water partition coefficient (Wildman–Crippen LogP) is 1.13. The van der Waals surface area contributed by atoms with Crippen LogP contribution in [0.5, 0.6) is 0 Å². The lowest BCUT2D eigenvalue weighted by molar-refractivity contribution is 0.0930. The Balaban J connectivity index is 1.79. The van der Waals surface area contributed by atoms with Crippen LogP contribution in [-0.2, 0) is 0 Å². The molecule has 2 heterocycles. The van der Waals surface area contributed by atoms with E-state index >= 15 is 0 Å². The molecule has 1 unspecified atom stereocenters. The summed E-state index contributed by atoms with van der Waals surface area (Å²) < 4.78 is 0. The fourth-order valence-electron chi connectivity index (χ4n) is 2.90. The number of piperidine rings is 1. The van der Waals surface area contributed by atoms with Gasteiger partial charge >= 0.3 is 0 Å². The molecule has 5 nitrogen and oxygen atoms in total. The van der Waals surface area contributed by atoms with Crippen molar-refractivity contribution in [3.8, 4) is 0 Å². The molecule has 1 aliphatic heterocycles. The summed E-state index contributed by atoms with van der Waals surface area (Å²) in [7, 11) is 0. The van der Waals surface area contributed by atoms with Gasteiger partial charge in [0, 0.05) is 43.2 Å². The Kier molecular flexibility index (Phi) is 5.70. The molecule has 0 spiro atoms. The first kappa shape index (κ1) is 15.9. The SMILES string of the molecule is Cc1cc(C(=O)NCCN2CCCC(CO)C2)cc(C)n1. The number of aliphatic hydroxyl groups is 1. The van der Waals surface area contributed by atoms with Crippen LogP contribution in [0.15, 0.2) is 12.1 Å². The molecule has 5 heteroatoms. The maximum atomic E-state index is 12.1. The summed E-state index contributed by atoms with van der Waals surface area (Å²) in [6.45, 7) is 7.51. The normalized spacial score (nSPS) is 19.5. The fraction of sp³-hybridized carbons (Fsp3) is 0.625. The molecule has 0 radical (unpaired) electrons. The zero-order valence-electron chi connectivity index (χ0n) is 12.9. The van der Waals surface area contributed by atoms with E-state index in [-0.39, 0.29) is 12.5 Å². The molecule has 1 aromatic heterocycles. The zero-order valence-corrected chi connectivity index (χ0v) is 12.9. The highest BCUT2D eigenvalue weighted by atomic mass is 16.3. The molecular weight excluding hydrogens is 266 g/mol. The topological polar surface area (TPSA) is 65.5 Å². The Morgan fingerprint density at radius 2 is 2.14 bits per heavy atom. The summed E-state index contributed by atoms with van der Waals surface area (Å²) in [5.74, 6) is 0.347. The Hall–Kier alpha value is -1.46. The minimum absolute atomic E-state index is 0.0423. The maximum Gasteiger partial charge on any atom is 0.251 e. The van der Waals surface area contributed by atoms with E-state index < -0.39 is 0 Å². The summed E-state index contributed by atoms with van der Waals surface area (Å²) in [6, 6.07) is 3.62. The quantitative estimate of drug-likeness (QED) is 0.853. The molecular formula is C16H25N3O2. The van der Waals surface area contributed by atoms with Gasteiger partial charge in [-0.05, 0) is 51.3 Å². The number of rotatable bonds is 5. The van der Waals surface area contributed by atoms with Gasteiger partial charge in [-0.15, -0.1) is 0 Å². The van der Waals surface area contributed by atoms with Crippen LogP contribution in [0, 0.1) is 19.8 Å². The zero-order chi connectivity index (χ0) is 15.2. The molecule has 2 rings (SSSR count). The molecule has 1 atom stereocenters. The van der Waals surface area contributed by atoms with Crippen LogP contribution in [0.1, 0.15) is 34.6 Å². The van der Waals surface area contributed by atoms with Crippen LogP contribution in [-0.4, -0.2) is 53.7 Å². The van der Waals surface area contributed by atoms with Crippen molar-refractivity contribution in [2.75, 3.05) is 32.8 Å². The molecule has 0 bridgehead atoms. The van der Waals surface area contributed by atoms with Crippen LogP contribution >= 0.6 is 0 Å². The predicted molar refractivity (Wildman–Crippen MR) is 82.3 cm³/mol. The van der Waals surface area contributed by atoms with Gasteiger partial charge in [-0.2, -0.15) is 0 Å². The number of pyridine rings is 1. The molecule has 0 aliphatic carbocycles. The van der Waals surface area contributed by atoms with Crippen molar-refractivity contribution in [2.45, 2.75) is 26.7 Å². The largest absolute Gasteiger partial charge is 0.396 e. The number of aliphatic hydroxyl groups excluding tert-OH is 1. The minimum atomic E-state index is -0.0423. The Morgan fingerprint density at radius 3 is 2.81 bits per heavy atom. The number of likely N-dealkylation sites (tertiary alicyclic amines) is 1. The highest BCUT2D eigenvalue weighted by molar-refractivity contribution is 5.94. The number of aromatic nitrogens is 1. The number of nitrogens with zero attached hydrogens (tertiary/aromatic N) is 2. The smallest absolute Gasteiger partial charge is 0.251 e. The summed E-state index contributed by atoms with van der Waals surface area (Å²) in [4.78, 5) is 18.7. The molecule has 116 valence electrons. The van der Waals surface area contributed by atoms with Gasteiger partial charge in [0.25, 0.3) is 5.91 Å². The molecule has 1 saturated heterocycles. The minimum Gasteiger partial charge on any atom is -0.396 e. The first-order valence-corrected chi connectivity index (χ1v) is 7.65. The highest BCUT2D eigenvalue weighted by Crippen LogP contribution is 2.15. The number of aryl methyl sites for hydroxylation is 2. The molecule has 21 heavy (non-hydrogen) atoms. The van der Waals surface area contributed by atoms with E-state index in [0.29, 0.717) is 18.0 Å². The van der Waals surface area contributed by atoms with E-state index in [9.17, 15) is 9.90 Å². The van der Waals surface area contributed by atoms with Crippen LogP contribution in [0.2, 0.25) is 0 Å². The third kappa shape index (κ3) is 4.79. The monoisotopic (exact) mass is 291 g/mol. The molecule has 0 aromatic carbocycles. The Labute approximate surface area is 126 Å². The van der Waals surface area contributed by atoms with E-state index in [1.165, 1.54) is 0 Å². The van der Waals surface area contributed by atoms with Crippen LogP contribution in [0.3, 0.4) is 0 Å². The van der Waals surface area contributed by atoms with Gasteiger partial charge < -0.3 is 15.3 Å². The van der Waals surface area contributed by atoms with E-state index in [1.54, 1.807) is 0 Å². The van der Waals surface area contributed by atoms with Crippen molar-refractivity contribution >= 4 is 5.91 Å². The molecule has 1 amide bonds. The van der Waals surface area contributed by atoms with E-state index in [0.717, 1.165) is 43.9 Å². The summed E-state index contributed by atoms with van der Waals surface area (Å²) in [5, 5.41) is 12.2. The van der Waals surface area contributed by atoms with Gasteiger partial charge in [0.05, 0.1) is 0 Å². The highest BCUT2D eigenvalue weighted by Gasteiger charge is 2.18. The Bertz CT molecular complexity index is 470. The lowest BCUT2D eigenvalue weighted by atomic mass is 9.99. The van der Waals surface area contributed by atoms with Crippen LogP contribution < -0.4 is 5.32 Å². The average molecular weight is 291 g/mol. The van der Waals surface area contributed by atoms with Crippen LogP contribution in [0.4, 0.5) is 0 Å². The van der Waals surface area contributed by atoms with Crippen molar-refractivity contribution in [1.29, 1.82) is 0 Å². The lowest BCUT2D eigenvalue weighted by Crippen LogP contribution is -2.41. The van der Waals surface area contributed by atoms with Gasteiger partial charge in [0.1, 0.15) is 0 Å². The molecule has 0 saturated carbocycles. The van der Waals surface area contributed by atoms with Gasteiger partial charge in [0.2, 0.25) is 0 Å². The first-order valence-electron chi connectivity index (χ1n) is 7.65. The molecule has 1 aliphatic rings. The summed E-state index contributed by atoms with van der Waals surface area (Å²) >= 11 is 0. The number of nitrogens with one attached hydrogen (secondary N) is 1. The van der Waals surface area contributed by atoms with E-state index in [4.69, 9.17) is 0 Å². The second-order valence-electron chi connectivity index (χ2n) is 5.89. The second kappa shape index (κ2) is 7.52. The second-order valence-corrected chi connectivity index (χ2v) is 5.89. The number of hydrogen-bond acceptors (Lipinski definition) is 4. The average Bonchev–Trinajstić information content (AvgIpc) is 2.46. The first-order chi connectivity index (χ1) is 10.1. The molecule has 1 aromatic rings. The molecule has 1 fully saturated rings. The van der Waals surface area contributed by atoms with Gasteiger partial charge in [-0.25, -0.2) is 0 Å². The Morgan fingerprint density at radius 1 is 1.43 bits per heavy atom. The third-order valence-electron chi connectivity index (χ3n) is 3.92. The number of carbonyl (C=O) groups excluding carboxylic acids is 1. The van der Waals surface area contributed by atoms with E-state index in [1.807, 2.05) is 26.0 Å². The number of hydrogen-bond donors (Lipinski definition) is 2. The lowest BCUT2D eigenvalue weighted by Gasteiger charge is -2.31. The van der Waals surface area contributed by atoms with Crippen molar-refractivity contribution in [1.82, 2.24) is 15.2 Å². The third-order valence-corrected chi connectivity index (χ3v) is 3.92. The van der Waals surface area contributed by atoms with Crippen LogP contribution in [0.25, 0.3) is 0 Å². The number of amides is 1. The fourth-order valence-corrected chi connectivity index (χ4v) is 2.90. The van der Waals surface area contributed by atoms with Crippen molar-refractivity contribution in [3.05, 3.63) is 29.1 Å².